The van der Waals surface area contributed by atoms with Gasteiger partial charge in [-0.25, -0.2) is 4.98 Å². The zero-order chi connectivity index (χ0) is 12.2. The van der Waals surface area contributed by atoms with Crippen LogP contribution in [-0.2, 0) is 6.61 Å². The van der Waals surface area contributed by atoms with Gasteiger partial charge in [0.25, 0.3) is 0 Å². The molecule has 16 heavy (non-hydrogen) atoms. The van der Waals surface area contributed by atoms with Crippen molar-refractivity contribution in [2.24, 2.45) is 5.41 Å². The second kappa shape index (κ2) is 5.30. The highest BCUT2D eigenvalue weighted by molar-refractivity contribution is 5.23. The van der Waals surface area contributed by atoms with Crippen LogP contribution in [0, 0.1) is 12.3 Å². The van der Waals surface area contributed by atoms with E-state index in [1.54, 1.807) is 6.07 Å². The van der Waals surface area contributed by atoms with E-state index in [4.69, 9.17) is 9.84 Å². The molecule has 0 aliphatic heterocycles. The molecular formula is C13H21NO2. The van der Waals surface area contributed by atoms with E-state index in [9.17, 15) is 0 Å². The minimum Gasteiger partial charge on any atom is -0.478 e. The Morgan fingerprint density at radius 3 is 2.56 bits per heavy atom. The van der Waals surface area contributed by atoms with E-state index < -0.39 is 0 Å². The molecule has 0 unspecified atom stereocenters. The molecule has 0 saturated heterocycles. The SMILES string of the molecule is Cc1cc(CO)cc(OCCC(C)(C)C)n1. The average molecular weight is 223 g/mol. The first kappa shape index (κ1) is 13.0. The third kappa shape index (κ3) is 4.62. The molecule has 1 aromatic heterocycles. The molecule has 1 heterocycles. The third-order valence-electron chi connectivity index (χ3n) is 2.27. The lowest BCUT2D eigenvalue weighted by molar-refractivity contribution is 0.234. The van der Waals surface area contributed by atoms with Crippen LogP contribution in [0.1, 0.15) is 38.4 Å². The molecule has 0 atom stereocenters. The fraction of sp³-hybridized carbons (Fsp3) is 0.615. The first-order valence-corrected chi connectivity index (χ1v) is 5.62. The molecule has 1 rings (SSSR count). The predicted molar refractivity (Wildman–Crippen MR) is 64.5 cm³/mol. The molecule has 0 aromatic carbocycles. The van der Waals surface area contributed by atoms with Crippen molar-refractivity contribution < 1.29 is 9.84 Å². The van der Waals surface area contributed by atoms with Crippen LogP contribution in [-0.4, -0.2) is 16.7 Å². The van der Waals surface area contributed by atoms with Crippen molar-refractivity contribution in [3.05, 3.63) is 23.4 Å². The Morgan fingerprint density at radius 2 is 2.00 bits per heavy atom. The van der Waals surface area contributed by atoms with Crippen LogP contribution in [0.4, 0.5) is 0 Å². The molecule has 0 fully saturated rings. The summed E-state index contributed by atoms with van der Waals surface area (Å²) in [4.78, 5) is 4.27. The fourth-order valence-electron chi connectivity index (χ4n) is 1.33. The van der Waals surface area contributed by atoms with Crippen LogP contribution in [0.2, 0.25) is 0 Å². The van der Waals surface area contributed by atoms with Gasteiger partial charge < -0.3 is 9.84 Å². The van der Waals surface area contributed by atoms with Gasteiger partial charge in [-0.3, -0.25) is 0 Å². The van der Waals surface area contributed by atoms with E-state index in [1.165, 1.54) is 0 Å². The van der Waals surface area contributed by atoms with Crippen molar-refractivity contribution in [2.45, 2.75) is 40.7 Å². The zero-order valence-electron chi connectivity index (χ0n) is 10.6. The quantitative estimate of drug-likeness (QED) is 0.853. The molecule has 0 saturated carbocycles. The molecule has 0 bridgehead atoms. The van der Waals surface area contributed by atoms with Crippen molar-refractivity contribution in [3.8, 4) is 5.88 Å². The largest absolute Gasteiger partial charge is 0.478 e. The lowest BCUT2D eigenvalue weighted by Crippen LogP contribution is -2.11. The van der Waals surface area contributed by atoms with Crippen LogP contribution in [0.5, 0.6) is 5.88 Å². The Hall–Kier alpha value is -1.09. The summed E-state index contributed by atoms with van der Waals surface area (Å²) >= 11 is 0. The van der Waals surface area contributed by atoms with Crippen molar-refractivity contribution in [1.29, 1.82) is 0 Å². The van der Waals surface area contributed by atoms with Crippen molar-refractivity contribution >= 4 is 0 Å². The Bertz CT molecular complexity index is 342. The van der Waals surface area contributed by atoms with Crippen molar-refractivity contribution in [3.63, 3.8) is 0 Å². The monoisotopic (exact) mass is 223 g/mol. The van der Waals surface area contributed by atoms with Crippen molar-refractivity contribution in [2.75, 3.05) is 6.61 Å². The van der Waals surface area contributed by atoms with Gasteiger partial charge in [0.05, 0.1) is 13.2 Å². The number of aryl methyl sites for hydroxylation is 1. The molecule has 3 heteroatoms. The summed E-state index contributed by atoms with van der Waals surface area (Å²) in [7, 11) is 0. The lowest BCUT2D eigenvalue weighted by Gasteiger charge is -2.18. The molecule has 1 N–H and O–H groups in total. The smallest absolute Gasteiger partial charge is 0.213 e. The van der Waals surface area contributed by atoms with Gasteiger partial charge in [-0.1, -0.05) is 20.8 Å². The van der Waals surface area contributed by atoms with Gasteiger partial charge in [0.15, 0.2) is 0 Å². The topological polar surface area (TPSA) is 42.4 Å². The summed E-state index contributed by atoms with van der Waals surface area (Å²) in [5, 5.41) is 9.06. The summed E-state index contributed by atoms with van der Waals surface area (Å²) in [6.45, 7) is 9.12. The van der Waals surface area contributed by atoms with Gasteiger partial charge >= 0.3 is 0 Å². The number of ether oxygens (including phenoxy) is 1. The highest BCUT2D eigenvalue weighted by Crippen LogP contribution is 2.19. The summed E-state index contributed by atoms with van der Waals surface area (Å²) in [6.07, 6.45) is 0.983. The predicted octanol–water partition coefficient (Wildman–Crippen LogP) is 2.70. The number of aromatic nitrogens is 1. The number of hydrogen-bond donors (Lipinski definition) is 1. The van der Waals surface area contributed by atoms with Gasteiger partial charge in [0, 0.05) is 11.8 Å². The minimum atomic E-state index is 0.0268. The molecule has 0 amide bonds. The van der Waals surface area contributed by atoms with E-state index in [1.807, 2.05) is 13.0 Å². The maximum absolute atomic E-state index is 9.06. The van der Waals surface area contributed by atoms with Gasteiger partial charge in [-0.2, -0.15) is 0 Å². The maximum atomic E-state index is 9.06. The Kier molecular flexibility index (Phi) is 4.30. The molecule has 0 aliphatic carbocycles. The number of aliphatic hydroxyl groups is 1. The third-order valence-corrected chi connectivity index (χ3v) is 2.27. The van der Waals surface area contributed by atoms with Gasteiger partial charge in [-0.15, -0.1) is 0 Å². The first-order chi connectivity index (χ1) is 7.40. The second-order valence-corrected chi connectivity index (χ2v) is 5.27. The number of aliphatic hydroxyl groups excluding tert-OH is 1. The van der Waals surface area contributed by atoms with Crippen LogP contribution in [0.25, 0.3) is 0 Å². The fourth-order valence-corrected chi connectivity index (χ4v) is 1.33. The van der Waals surface area contributed by atoms with Crippen LogP contribution < -0.4 is 4.74 Å². The Morgan fingerprint density at radius 1 is 1.31 bits per heavy atom. The average Bonchev–Trinajstić information content (AvgIpc) is 2.14. The standard InChI is InChI=1S/C13H21NO2/c1-10-7-11(9-15)8-12(14-10)16-6-5-13(2,3)4/h7-8,15H,5-6,9H2,1-4H3. The van der Waals surface area contributed by atoms with Crippen LogP contribution in [0.15, 0.2) is 12.1 Å². The zero-order valence-corrected chi connectivity index (χ0v) is 10.6. The number of rotatable bonds is 4. The maximum Gasteiger partial charge on any atom is 0.213 e. The van der Waals surface area contributed by atoms with E-state index in [0.29, 0.717) is 12.5 Å². The molecular weight excluding hydrogens is 202 g/mol. The normalized spacial score (nSPS) is 11.6. The Balaban J connectivity index is 2.57. The van der Waals surface area contributed by atoms with Crippen LogP contribution >= 0.6 is 0 Å². The molecule has 1 aromatic rings. The molecule has 90 valence electrons. The summed E-state index contributed by atoms with van der Waals surface area (Å²) < 4.78 is 5.58. The van der Waals surface area contributed by atoms with E-state index in [-0.39, 0.29) is 12.0 Å². The van der Waals surface area contributed by atoms with Crippen molar-refractivity contribution in [1.82, 2.24) is 4.98 Å². The number of hydrogen-bond acceptors (Lipinski definition) is 3. The number of pyridine rings is 1. The van der Waals surface area contributed by atoms with E-state index >= 15 is 0 Å². The molecule has 0 aliphatic rings. The first-order valence-electron chi connectivity index (χ1n) is 5.62. The molecule has 0 spiro atoms. The summed E-state index contributed by atoms with van der Waals surface area (Å²) in [5.74, 6) is 0.605. The number of nitrogens with zero attached hydrogens (tertiary/aromatic N) is 1. The van der Waals surface area contributed by atoms with E-state index in [0.717, 1.165) is 17.7 Å². The van der Waals surface area contributed by atoms with Gasteiger partial charge in [-0.05, 0) is 30.4 Å². The second-order valence-electron chi connectivity index (χ2n) is 5.27. The highest BCUT2D eigenvalue weighted by Gasteiger charge is 2.10. The Labute approximate surface area is 97.5 Å². The van der Waals surface area contributed by atoms with Gasteiger partial charge in [0.1, 0.15) is 0 Å². The van der Waals surface area contributed by atoms with Gasteiger partial charge in [0.2, 0.25) is 5.88 Å². The van der Waals surface area contributed by atoms with Crippen LogP contribution in [0.3, 0.4) is 0 Å². The molecule has 3 nitrogen and oxygen atoms in total. The molecule has 0 radical (unpaired) electrons. The highest BCUT2D eigenvalue weighted by atomic mass is 16.5. The lowest BCUT2D eigenvalue weighted by atomic mass is 9.93. The summed E-state index contributed by atoms with van der Waals surface area (Å²) in [5.41, 5.74) is 1.99. The summed E-state index contributed by atoms with van der Waals surface area (Å²) in [6, 6.07) is 3.65. The van der Waals surface area contributed by atoms with E-state index in [2.05, 4.69) is 25.8 Å². The minimum absolute atomic E-state index is 0.0268.